The first-order chi connectivity index (χ1) is 10.1. The summed E-state index contributed by atoms with van der Waals surface area (Å²) in [5, 5.41) is 0. The van der Waals surface area contributed by atoms with Crippen LogP contribution in [0, 0.1) is 0 Å². The van der Waals surface area contributed by atoms with Crippen LogP contribution in [0.5, 0.6) is 0 Å². The number of aryl methyl sites for hydroxylation is 2. The minimum Gasteiger partial charge on any atom is -0.465 e. The van der Waals surface area contributed by atoms with Crippen molar-refractivity contribution in [1.82, 2.24) is 4.90 Å². The first-order valence-corrected chi connectivity index (χ1v) is 7.68. The van der Waals surface area contributed by atoms with Crippen LogP contribution in [-0.2, 0) is 33.6 Å². The summed E-state index contributed by atoms with van der Waals surface area (Å²) in [4.78, 5) is 25.4. The second-order valence-corrected chi connectivity index (χ2v) is 5.35. The summed E-state index contributed by atoms with van der Waals surface area (Å²) in [5.74, 6) is -0.370. The number of nitrogens with zero attached hydrogens (tertiary/aromatic N) is 1. The Balaban J connectivity index is 1.97. The fourth-order valence-corrected chi connectivity index (χ4v) is 2.76. The lowest BCUT2D eigenvalue weighted by Gasteiger charge is -2.20. The Morgan fingerprint density at radius 3 is 2.67 bits per heavy atom. The van der Waals surface area contributed by atoms with E-state index >= 15 is 0 Å². The highest BCUT2D eigenvalue weighted by Crippen LogP contribution is 2.23. The van der Waals surface area contributed by atoms with Gasteiger partial charge in [-0.3, -0.25) is 9.59 Å². The van der Waals surface area contributed by atoms with Gasteiger partial charge >= 0.3 is 5.97 Å². The van der Waals surface area contributed by atoms with E-state index in [1.807, 2.05) is 13.0 Å². The van der Waals surface area contributed by atoms with E-state index in [-0.39, 0.29) is 18.4 Å². The molecule has 1 aromatic carbocycles. The van der Waals surface area contributed by atoms with Gasteiger partial charge in [0.2, 0.25) is 5.91 Å². The Kier molecular flexibility index (Phi) is 5.37. The van der Waals surface area contributed by atoms with Crippen molar-refractivity contribution >= 4 is 11.9 Å². The molecule has 0 unspecified atom stereocenters. The van der Waals surface area contributed by atoms with Gasteiger partial charge < -0.3 is 9.64 Å². The number of amides is 1. The lowest BCUT2D eigenvalue weighted by atomic mass is 10.0. The third kappa shape index (κ3) is 4.06. The van der Waals surface area contributed by atoms with E-state index in [4.69, 9.17) is 4.74 Å². The van der Waals surface area contributed by atoms with Gasteiger partial charge in [-0.25, -0.2) is 0 Å². The van der Waals surface area contributed by atoms with Crippen molar-refractivity contribution in [2.75, 3.05) is 19.7 Å². The summed E-state index contributed by atoms with van der Waals surface area (Å²) < 4.78 is 4.90. The maximum atomic E-state index is 12.3. The molecule has 114 valence electrons. The molecular weight excluding hydrogens is 266 g/mol. The Bertz CT molecular complexity index is 525. The van der Waals surface area contributed by atoms with Gasteiger partial charge in [-0.15, -0.1) is 0 Å². The summed E-state index contributed by atoms with van der Waals surface area (Å²) in [5.41, 5.74) is 3.81. The summed E-state index contributed by atoms with van der Waals surface area (Å²) in [7, 11) is 0. The van der Waals surface area contributed by atoms with Gasteiger partial charge in [0.25, 0.3) is 0 Å². The first-order valence-electron chi connectivity index (χ1n) is 7.68. The molecule has 1 aromatic rings. The molecule has 1 amide bonds. The zero-order valence-corrected chi connectivity index (χ0v) is 12.9. The van der Waals surface area contributed by atoms with Crippen molar-refractivity contribution in [3.63, 3.8) is 0 Å². The van der Waals surface area contributed by atoms with Gasteiger partial charge in [0.1, 0.15) is 6.54 Å². The smallest absolute Gasteiger partial charge is 0.325 e. The van der Waals surface area contributed by atoms with Crippen LogP contribution in [0.2, 0.25) is 0 Å². The lowest BCUT2D eigenvalue weighted by molar-refractivity contribution is -0.148. The minimum absolute atomic E-state index is 0.0245. The molecule has 0 saturated heterocycles. The van der Waals surface area contributed by atoms with Gasteiger partial charge in [0, 0.05) is 6.54 Å². The number of hydrogen-bond acceptors (Lipinski definition) is 3. The molecule has 0 fully saturated rings. The maximum Gasteiger partial charge on any atom is 0.325 e. The van der Waals surface area contributed by atoms with Crippen molar-refractivity contribution in [3.05, 3.63) is 34.9 Å². The maximum absolute atomic E-state index is 12.3. The first kappa shape index (κ1) is 15.5. The van der Waals surface area contributed by atoms with E-state index in [0.29, 0.717) is 19.6 Å². The number of benzene rings is 1. The summed E-state index contributed by atoms with van der Waals surface area (Å²) >= 11 is 0. The number of rotatable bonds is 6. The molecule has 1 aliphatic rings. The van der Waals surface area contributed by atoms with E-state index in [0.717, 1.165) is 18.4 Å². The molecule has 0 N–H and O–H groups in total. The summed E-state index contributed by atoms with van der Waals surface area (Å²) in [6, 6.07) is 6.30. The van der Waals surface area contributed by atoms with E-state index < -0.39 is 0 Å². The van der Waals surface area contributed by atoms with Gasteiger partial charge in [0.05, 0.1) is 13.0 Å². The van der Waals surface area contributed by atoms with Crippen LogP contribution in [0.3, 0.4) is 0 Å². The Morgan fingerprint density at radius 2 is 1.95 bits per heavy atom. The summed E-state index contributed by atoms with van der Waals surface area (Å²) in [6.45, 7) is 4.53. The van der Waals surface area contributed by atoms with Crippen LogP contribution < -0.4 is 0 Å². The molecule has 4 nitrogen and oxygen atoms in total. The van der Waals surface area contributed by atoms with Crippen LogP contribution in [0.4, 0.5) is 0 Å². The highest BCUT2D eigenvalue weighted by molar-refractivity contribution is 5.83. The Labute approximate surface area is 126 Å². The molecule has 0 bridgehead atoms. The van der Waals surface area contributed by atoms with Crippen molar-refractivity contribution in [1.29, 1.82) is 0 Å². The predicted molar refractivity (Wildman–Crippen MR) is 81.1 cm³/mol. The molecule has 0 aliphatic heterocycles. The van der Waals surface area contributed by atoms with Gasteiger partial charge in [0.15, 0.2) is 0 Å². The third-order valence-electron chi connectivity index (χ3n) is 3.88. The number of fused-ring (bicyclic) bond motifs is 1. The normalized spacial score (nSPS) is 12.9. The molecule has 0 saturated carbocycles. The highest BCUT2D eigenvalue weighted by Gasteiger charge is 2.18. The Hall–Kier alpha value is -1.84. The van der Waals surface area contributed by atoms with Crippen LogP contribution in [0.15, 0.2) is 18.2 Å². The van der Waals surface area contributed by atoms with E-state index in [2.05, 4.69) is 12.1 Å². The Morgan fingerprint density at radius 1 is 1.19 bits per heavy atom. The molecule has 0 radical (unpaired) electrons. The van der Waals surface area contributed by atoms with Crippen molar-refractivity contribution in [2.45, 2.75) is 39.5 Å². The van der Waals surface area contributed by atoms with Crippen LogP contribution in [0.1, 0.15) is 37.0 Å². The number of ether oxygens (including phenoxy) is 1. The molecule has 0 spiro atoms. The van der Waals surface area contributed by atoms with Crippen molar-refractivity contribution in [3.8, 4) is 0 Å². The van der Waals surface area contributed by atoms with Gasteiger partial charge in [-0.2, -0.15) is 0 Å². The van der Waals surface area contributed by atoms with E-state index in [9.17, 15) is 9.59 Å². The monoisotopic (exact) mass is 289 g/mol. The molecule has 21 heavy (non-hydrogen) atoms. The molecule has 1 aliphatic carbocycles. The van der Waals surface area contributed by atoms with Crippen LogP contribution in [0.25, 0.3) is 0 Å². The molecule has 4 heteroatoms. The lowest BCUT2D eigenvalue weighted by Crippen LogP contribution is -2.37. The predicted octanol–water partition coefficient (Wildman–Crippen LogP) is 2.13. The zero-order valence-electron chi connectivity index (χ0n) is 12.9. The van der Waals surface area contributed by atoms with Crippen molar-refractivity contribution in [2.24, 2.45) is 0 Å². The van der Waals surface area contributed by atoms with E-state index in [1.54, 1.807) is 11.8 Å². The molecular formula is C17H23NO3. The number of likely N-dealkylation sites (N-methyl/N-ethyl adjacent to an activating group) is 1. The number of hydrogen-bond donors (Lipinski definition) is 0. The minimum atomic E-state index is -0.346. The number of esters is 1. The summed E-state index contributed by atoms with van der Waals surface area (Å²) in [6.07, 6.45) is 3.81. The number of carbonyl (C=O) groups excluding carboxylic acids is 2. The second-order valence-electron chi connectivity index (χ2n) is 5.35. The largest absolute Gasteiger partial charge is 0.465 e. The van der Waals surface area contributed by atoms with Crippen LogP contribution >= 0.6 is 0 Å². The average Bonchev–Trinajstić information content (AvgIpc) is 2.92. The zero-order chi connectivity index (χ0) is 15.2. The highest BCUT2D eigenvalue weighted by atomic mass is 16.5. The fraction of sp³-hybridized carbons (Fsp3) is 0.529. The fourth-order valence-electron chi connectivity index (χ4n) is 2.76. The standard InChI is InChI=1S/C17H23NO3/c1-3-18(12-17(20)21-4-2)16(19)11-13-8-9-14-6-5-7-15(14)10-13/h8-10H,3-7,11-12H2,1-2H3. The topological polar surface area (TPSA) is 46.6 Å². The second kappa shape index (κ2) is 7.25. The quantitative estimate of drug-likeness (QED) is 0.754. The molecule has 0 aromatic heterocycles. The average molecular weight is 289 g/mol. The molecule has 0 heterocycles. The van der Waals surface area contributed by atoms with Crippen LogP contribution in [-0.4, -0.2) is 36.5 Å². The third-order valence-corrected chi connectivity index (χ3v) is 3.88. The SMILES string of the molecule is CCOC(=O)CN(CC)C(=O)Cc1ccc2c(c1)CCC2. The number of carbonyl (C=O) groups is 2. The molecule has 2 rings (SSSR count). The van der Waals surface area contributed by atoms with Gasteiger partial charge in [-0.1, -0.05) is 18.2 Å². The van der Waals surface area contributed by atoms with E-state index in [1.165, 1.54) is 17.5 Å². The van der Waals surface area contributed by atoms with Gasteiger partial charge in [-0.05, 0) is 49.8 Å². The van der Waals surface area contributed by atoms with Crippen molar-refractivity contribution < 1.29 is 14.3 Å². The molecule has 0 atom stereocenters.